The zero-order valence-electron chi connectivity index (χ0n) is 11.1. The Morgan fingerprint density at radius 2 is 2.05 bits per heavy atom. The standard InChI is InChI=1S/C14H18F4N2/c15-12-4-3-10(6-13(12)16)8-20-5-1-2-11(9-20)19-7-14(17)18/h3-4,6,11,14,19H,1-2,5,7-9H2. The van der Waals surface area contributed by atoms with Gasteiger partial charge in [0.2, 0.25) is 0 Å². The average molecular weight is 290 g/mol. The molecule has 1 fully saturated rings. The maximum absolute atomic E-state index is 13.1. The van der Waals surface area contributed by atoms with Crippen LogP contribution in [0.2, 0.25) is 0 Å². The third-order valence-electron chi connectivity index (χ3n) is 3.46. The van der Waals surface area contributed by atoms with Crippen molar-refractivity contribution in [2.24, 2.45) is 0 Å². The molecule has 0 spiro atoms. The summed E-state index contributed by atoms with van der Waals surface area (Å²) in [5, 5.41) is 2.83. The number of hydrogen-bond acceptors (Lipinski definition) is 2. The molecule has 2 nitrogen and oxygen atoms in total. The minimum Gasteiger partial charge on any atom is -0.307 e. The number of likely N-dealkylation sites (tertiary alicyclic amines) is 1. The van der Waals surface area contributed by atoms with Crippen molar-refractivity contribution in [1.82, 2.24) is 10.2 Å². The van der Waals surface area contributed by atoms with Crippen LogP contribution in [-0.2, 0) is 6.54 Å². The molecule has 1 saturated heterocycles. The fraction of sp³-hybridized carbons (Fsp3) is 0.571. The van der Waals surface area contributed by atoms with Gasteiger partial charge in [-0.1, -0.05) is 6.07 Å². The van der Waals surface area contributed by atoms with E-state index in [1.54, 1.807) is 6.07 Å². The summed E-state index contributed by atoms with van der Waals surface area (Å²) in [7, 11) is 0. The Hall–Kier alpha value is -1.14. The molecule has 0 amide bonds. The van der Waals surface area contributed by atoms with Crippen LogP contribution in [0.25, 0.3) is 0 Å². The molecule has 0 aliphatic carbocycles. The van der Waals surface area contributed by atoms with Crippen LogP contribution in [0.3, 0.4) is 0 Å². The predicted molar refractivity (Wildman–Crippen MR) is 68.7 cm³/mol. The third kappa shape index (κ3) is 4.45. The molecule has 6 heteroatoms. The van der Waals surface area contributed by atoms with Crippen LogP contribution in [0, 0.1) is 11.6 Å². The zero-order chi connectivity index (χ0) is 14.5. The van der Waals surface area contributed by atoms with Gasteiger partial charge in [-0.3, -0.25) is 4.90 Å². The molecule has 2 rings (SSSR count). The molecule has 0 radical (unpaired) electrons. The maximum atomic E-state index is 13.1. The lowest BCUT2D eigenvalue weighted by molar-refractivity contribution is 0.124. The first kappa shape index (κ1) is 15.3. The summed E-state index contributed by atoms with van der Waals surface area (Å²) in [4.78, 5) is 2.07. The first-order valence-corrected chi connectivity index (χ1v) is 6.72. The molecule has 0 bridgehead atoms. The summed E-state index contributed by atoms with van der Waals surface area (Å²) in [5.74, 6) is -1.71. The van der Waals surface area contributed by atoms with Crippen molar-refractivity contribution in [3.63, 3.8) is 0 Å². The lowest BCUT2D eigenvalue weighted by atomic mass is 10.0. The van der Waals surface area contributed by atoms with Gasteiger partial charge in [0.1, 0.15) is 0 Å². The largest absolute Gasteiger partial charge is 0.307 e. The Labute approximate surface area is 115 Å². The van der Waals surface area contributed by atoms with Crippen molar-refractivity contribution < 1.29 is 17.6 Å². The normalized spacial score (nSPS) is 20.6. The number of benzene rings is 1. The molecule has 112 valence electrons. The van der Waals surface area contributed by atoms with E-state index in [0.717, 1.165) is 25.5 Å². The Kier molecular flexibility index (Phi) is 5.37. The lowest BCUT2D eigenvalue weighted by Gasteiger charge is -2.33. The molecule has 1 aliphatic heterocycles. The van der Waals surface area contributed by atoms with E-state index in [0.29, 0.717) is 18.7 Å². The van der Waals surface area contributed by atoms with Gasteiger partial charge in [-0.2, -0.15) is 0 Å². The highest BCUT2D eigenvalue weighted by Gasteiger charge is 2.20. The summed E-state index contributed by atoms with van der Waals surface area (Å²) in [6, 6.07) is 3.88. The minimum absolute atomic E-state index is 0.0306. The molecular weight excluding hydrogens is 272 g/mol. The van der Waals surface area contributed by atoms with Gasteiger partial charge in [-0.15, -0.1) is 0 Å². The van der Waals surface area contributed by atoms with Gasteiger partial charge in [0, 0.05) is 19.1 Å². The predicted octanol–water partition coefficient (Wildman–Crippen LogP) is 2.78. The molecule has 1 atom stereocenters. The van der Waals surface area contributed by atoms with Gasteiger partial charge in [0.05, 0.1) is 6.54 Å². The summed E-state index contributed by atoms with van der Waals surface area (Å²) >= 11 is 0. The number of alkyl halides is 2. The van der Waals surface area contributed by atoms with Crippen molar-refractivity contribution >= 4 is 0 Å². The lowest BCUT2D eigenvalue weighted by Crippen LogP contribution is -2.46. The smallest absolute Gasteiger partial charge is 0.250 e. The highest BCUT2D eigenvalue weighted by molar-refractivity contribution is 5.17. The molecule has 1 unspecified atom stereocenters. The van der Waals surface area contributed by atoms with E-state index in [4.69, 9.17) is 0 Å². The van der Waals surface area contributed by atoms with Crippen LogP contribution >= 0.6 is 0 Å². The molecule has 0 saturated carbocycles. The molecule has 1 aromatic carbocycles. The average Bonchev–Trinajstić information content (AvgIpc) is 2.41. The van der Waals surface area contributed by atoms with Crippen molar-refractivity contribution in [1.29, 1.82) is 0 Å². The summed E-state index contributed by atoms with van der Waals surface area (Å²) in [6.45, 7) is 1.69. The van der Waals surface area contributed by atoms with Gasteiger partial charge in [0.25, 0.3) is 6.43 Å². The molecule has 1 N–H and O–H groups in total. The molecular formula is C14H18F4N2. The number of halogens is 4. The van der Waals surface area contributed by atoms with Crippen LogP contribution < -0.4 is 5.32 Å². The van der Waals surface area contributed by atoms with E-state index in [1.165, 1.54) is 6.07 Å². The molecule has 20 heavy (non-hydrogen) atoms. The van der Waals surface area contributed by atoms with Gasteiger partial charge in [-0.05, 0) is 37.1 Å². The number of piperidine rings is 1. The Bertz CT molecular complexity index is 439. The highest BCUT2D eigenvalue weighted by atomic mass is 19.3. The van der Waals surface area contributed by atoms with Crippen molar-refractivity contribution in [2.45, 2.75) is 31.9 Å². The number of nitrogens with one attached hydrogen (secondary N) is 1. The van der Waals surface area contributed by atoms with E-state index < -0.39 is 18.1 Å². The second-order valence-corrected chi connectivity index (χ2v) is 5.12. The Balaban J connectivity index is 1.87. The fourth-order valence-corrected chi connectivity index (χ4v) is 2.52. The first-order valence-electron chi connectivity index (χ1n) is 6.72. The number of nitrogens with zero attached hydrogens (tertiary/aromatic N) is 1. The van der Waals surface area contributed by atoms with E-state index in [-0.39, 0.29) is 12.6 Å². The Morgan fingerprint density at radius 1 is 1.25 bits per heavy atom. The van der Waals surface area contributed by atoms with Crippen molar-refractivity contribution in [2.75, 3.05) is 19.6 Å². The summed E-state index contributed by atoms with van der Waals surface area (Å²) in [5.41, 5.74) is 0.693. The van der Waals surface area contributed by atoms with Crippen LogP contribution in [0.15, 0.2) is 18.2 Å². The van der Waals surface area contributed by atoms with Gasteiger partial charge in [0.15, 0.2) is 11.6 Å². The van der Waals surface area contributed by atoms with Gasteiger partial charge < -0.3 is 5.32 Å². The molecule has 0 aromatic heterocycles. The van der Waals surface area contributed by atoms with E-state index in [2.05, 4.69) is 10.2 Å². The van der Waals surface area contributed by atoms with Gasteiger partial charge >= 0.3 is 0 Å². The number of hydrogen-bond donors (Lipinski definition) is 1. The quantitative estimate of drug-likeness (QED) is 0.839. The van der Waals surface area contributed by atoms with Crippen molar-refractivity contribution in [3.05, 3.63) is 35.4 Å². The van der Waals surface area contributed by atoms with E-state index in [9.17, 15) is 17.6 Å². The second-order valence-electron chi connectivity index (χ2n) is 5.12. The molecule has 1 heterocycles. The van der Waals surface area contributed by atoms with Crippen molar-refractivity contribution in [3.8, 4) is 0 Å². The van der Waals surface area contributed by atoms with Crippen LogP contribution in [0.1, 0.15) is 18.4 Å². The van der Waals surface area contributed by atoms with E-state index in [1.807, 2.05) is 0 Å². The summed E-state index contributed by atoms with van der Waals surface area (Å²) in [6.07, 6.45) is -0.581. The molecule has 1 aliphatic rings. The zero-order valence-corrected chi connectivity index (χ0v) is 11.1. The topological polar surface area (TPSA) is 15.3 Å². The number of rotatable bonds is 5. The minimum atomic E-state index is -2.35. The van der Waals surface area contributed by atoms with Crippen LogP contribution in [0.4, 0.5) is 17.6 Å². The summed E-state index contributed by atoms with van der Waals surface area (Å²) < 4.78 is 50.3. The monoisotopic (exact) mass is 290 g/mol. The first-order chi connectivity index (χ1) is 9.54. The maximum Gasteiger partial charge on any atom is 0.250 e. The highest BCUT2D eigenvalue weighted by Crippen LogP contribution is 2.16. The second kappa shape index (κ2) is 7.04. The Morgan fingerprint density at radius 3 is 2.75 bits per heavy atom. The fourth-order valence-electron chi connectivity index (χ4n) is 2.52. The molecule has 1 aromatic rings. The van der Waals surface area contributed by atoms with Crippen LogP contribution in [-0.4, -0.2) is 37.0 Å². The SMILES string of the molecule is Fc1ccc(CN2CCCC(NCC(F)F)C2)cc1F. The van der Waals surface area contributed by atoms with Crippen LogP contribution in [0.5, 0.6) is 0 Å². The van der Waals surface area contributed by atoms with Gasteiger partial charge in [-0.25, -0.2) is 17.6 Å². The third-order valence-corrected chi connectivity index (χ3v) is 3.46. The van der Waals surface area contributed by atoms with E-state index >= 15 is 0 Å².